The predicted octanol–water partition coefficient (Wildman–Crippen LogP) is 3.03. The molecule has 0 radical (unpaired) electrons. The van der Waals surface area contributed by atoms with Gasteiger partial charge in [0.05, 0.1) is 7.05 Å². The number of rotatable bonds is 7. The zero-order chi connectivity index (χ0) is 17.5. The highest BCUT2D eigenvalue weighted by atomic mass is 16.2. The lowest BCUT2D eigenvalue weighted by atomic mass is 10.0. The molecule has 3 nitrogen and oxygen atoms in total. The van der Waals surface area contributed by atoms with Gasteiger partial charge in [-0.05, 0) is 29.5 Å². The molecule has 2 N–H and O–H groups in total. The summed E-state index contributed by atoms with van der Waals surface area (Å²) in [6.45, 7) is 7.75. The van der Waals surface area contributed by atoms with Gasteiger partial charge in [-0.15, -0.1) is 0 Å². The summed E-state index contributed by atoms with van der Waals surface area (Å²) in [5.74, 6) is 0.453. The van der Waals surface area contributed by atoms with Crippen LogP contribution in [0.5, 0.6) is 0 Å². The summed E-state index contributed by atoms with van der Waals surface area (Å²) in [6, 6.07) is 16.7. The highest BCUT2D eigenvalue weighted by molar-refractivity contribution is 5.92. The second-order valence-corrected chi connectivity index (χ2v) is 6.77. The van der Waals surface area contributed by atoms with Gasteiger partial charge in [0.2, 0.25) is 0 Å². The van der Waals surface area contributed by atoms with E-state index < -0.39 is 0 Å². The molecule has 2 aromatic rings. The third-order valence-corrected chi connectivity index (χ3v) is 4.26. The van der Waals surface area contributed by atoms with Gasteiger partial charge in [-0.1, -0.05) is 63.2 Å². The number of likely N-dealkylation sites (N-methyl/N-ethyl adjacent to an activating group) is 1. The van der Waals surface area contributed by atoms with Gasteiger partial charge in [0.25, 0.3) is 5.91 Å². The normalized spacial score (nSPS) is 12.2. The standard InChI is InChI=1S/C21H28N2O/c1-5-17-10-12-18(13-11-17)14-23(4)15-21(24)22-20-9-7-6-8-19(20)16(2)3/h6-13,16H,5,14-15H2,1-4H3,(H,22,24)/p+1. The van der Waals surface area contributed by atoms with Crippen molar-refractivity contribution in [3.63, 3.8) is 0 Å². The molecule has 2 aromatic carbocycles. The third kappa shape index (κ3) is 5.20. The second kappa shape index (κ2) is 8.65. The van der Waals surface area contributed by atoms with Crippen LogP contribution in [-0.4, -0.2) is 19.5 Å². The molecule has 128 valence electrons. The van der Waals surface area contributed by atoms with E-state index in [-0.39, 0.29) is 5.91 Å². The lowest BCUT2D eigenvalue weighted by molar-refractivity contribution is -0.885. The molecule has 0 fully saturated rings. The van der Waals surface area contributed by atoms with E-state index in [4.69, 9.17) is 0 Å². The number of hydrogen-bond acceptors (Lipinski definition) is 1. The van der Waals surface area contributed by atoms with Crippen LogP contribution >= 0.6 is 0 Å². The molecular formula is C21H29N2O+. The molecule has 0 aliphatic carbocycles. The molecule has 0 spiro atoms. The minimum absolute atomic E-state index is 0.0609. The van der Waals surface area contributed by atoms with E-state index in [2.05, 4.69) is 63.5 Å². The fourth-order valence-electron chi connectivity index (χ4n) is 2.89. The Morgan fingerprint density at radius 1 is 1.04 bits per heavy atom. The Bertz CT molecular complexity index is 662. The second-order valence-electron chi connectivity index (χ2n) is 6.77. The Labute approximate surface area is 145 Å². The van der Waals surface area contributed by atoms with Crippen LogP contribution in [0, 0.1) is 0 Å². The highest BCUT2D eigenvalue weighted by Gasteiger charge is 2.13. The molecule has 3 heteroatoms. The maximum absolute atomic E-state index is 12.4. The summed E-state index contributed by atoms with van der Waals surface area (Å²) in [5.41, 5.74) is 4.72. The zero-order valence-corrected chi connectivity index (χ0v) is 15.2. The summed E-state index contributed by atoms with van der Waals surface area (Å²) in [4.78, 5) is 13.5. The maximum Gasteiger partial charge on any atom is 0.279 e. The fourth-order valence-corrected chi connectivity index (χ4v) is 2.89. The van der Waals surface area contributed by atoms with E-state index in [9.17, 15) is 4.79 Å². The van der Waals surface area contributed by atoms with Gasteiger partial charge in [-0.2, -0.15) is 0 Å². The van der Waals surface area contributed by atoms with E-state index in [1.54, 1.807) is 0 Å². The largest absolute Gasteiger partial charge is 0.326 e. The van der Waals surface area contributed by atoms with Crippen molar-refractivity contribution in [3.05, 3.63) is 65.2 Å². The first-order valence-electron chi connectivity index (χ1n) is 8.77. The van der Waals surface area contributed by atoms with Gasteiger partial charge in [-0.3, -0.25) is 4.79 Å². The van der Waals surface area contributed by atoms with Crippen molar-refractivity contribution in [3.8, 4) is 0 Å². The first kappa shape index (κ1) is 18.2. The van der Waals surface area contributed by atoms with E-state index in [0.717, 1.165) is 18.7 Å². The van der Waals surface area contributed by atoms with E-state index in [0.29, 0.717) is 12.5 Å². The topological polar surface area (TPSA) is 33.5 Å². The zero-order valence-electron chi connectivity index (χ0n) is 15.2. The third-order valence-electron chi connectivity index (χ3n) is 4.26. The van der Waals surface area contributed by atoms with E-state index in [1.807, 2.05) is 18.2 Å². The van der Waals surface area contributed by atoms with E-state index >= 15 is 0 Å². The maximum atomic E-state index is 12.4. The molecule has 0 saturated heterocycles. The van der Waals surface area contributed by atoms with Crippen molar-refractivity contribution < 1.29 is 9.69 Å². The predicted molar refractivity (Wildman–Crippen MR) is 100 cm³/mol. The van der Waals surface area contributed by atoms with Gasteiger partial charge in [0.1, 0.15) is 6.54 Å². The summed E-state index contributed by atoms with van der Waals surface area (Å²) in [6.07, 6.45) is 1.06. The molecule has 0 saturated carbocycles. The molecule has 0 aliphatic heterocycles. The van der Waals surface area contributed by atoms with Crippen LogP contribution in [0.2, 0.25) is 0 Å². The molecule has 0 heterocycles. The molecule has 1 amide bonds. The molecule has 1 unspecified atom stereocenters. The van der Waals surface area contributed by atoms with E-state index in [1.165, 1.54) is 21.6 Å². The van der Waals surface area contributed by atoms with Gasteiger partial charge in [0, 0.05) is 11.3 Å². The average Bonchev–Trinajstić information content (AvgIpc) is 2.55. The fraction of sp³-hybridized carbons (Fsp3) is 0.381. The number of para-hydroxylation sites is 1. The molecule has 0 aliphatic rings. The van der Waals surface area contributed by atoms with Crippen LogP contribution in [0.25, 0.3) is 0 Å². The van der Waals surface area contributed by atoms with Crippen molar-refractivity contribution >= 4 is 11.6 Å². The van der Waals surface area contributed by atoms with Crippen molar-refractivity contribution in [2.45, 2.75) is 39.7 Å². The number of benzene rings is 2. The highest BCUT2D eigenvalue weighted by Crippen LogP contribution is 2.23. The average molecular weight is 325 g/mol. The van der Waals surface area contributed by atoms with Crippen molar-refractivity contribution in [1.29, 1.82) is 0 Å². The first-order chi connectivity index (χ1) is 11.5. The van der Waals surface area contributed by atoms with Crippen LogP contribution in [0.15, 0.2) is 48.5 Å². The van der Waals surface area contributed by atoms with Crippen LogP contribution in [0.1, 0.15) is 43.4 Å². The number of amides is 1. The minimum Gasteiger partial charge on any atom is -0.326 e. The number of aryl methyl sites for hydroxylation is 1. The van der Waals surface area contributed by atoms with Crippen LogP contribution in [0.4, 0.5) is 5.69 Å². The summed E-state index contributed by atoms with van der Waals surface area (Å²) < 4.78 is 0. The smallest absolute Gasteiger partial charge is 0.279 e. The first-order valence-corrected chi connectivity index (χ1v) is 8.77. The minimum atomic E-state index is 0.0609. The Morgan fingerprint density at radius 3 is 2.29 bits per heavy atom. The molecule has 24 heavy (non-hydrogen) atoms. The van der Waals surface area contributed by atoms with Crippen LogP contribution in [0.3, 0.4) is 0 Å². The van der Waals surface area contributed by atoms with Gasteiger partial charge in [0.15, 0.2) is 6.54 Å². The Morgan fingerprint density at radius 2 is 1.67 bits per heavy atom. The number of nitrogens with one attached hydrogen (secondary N) is 2. The quantitative estimate of drug-likeness (QED) is 0.806. The summed E-state index contributed by atoms with van der Waals surface area (Å²) in [7, 11) is 2.06. The SMILES string of the molecule is CCc1ccc(C[NH+](C)CC(=O)Nc2ccccc2C(C)C)cc1. The number of carbonyl (C=O) groups is 1. The summed E-state index contributed by atoms with van der Waals surface area (Å²) >= 11 is 0. The lowest BCUT2D eigenvalue weighted by Crippen LogP contribution is -3.08. The monoisotopic (exact) mass is 325 g/mol. The molecule has 1 atom stereocenters. The molecule has 2 rings (SSSR count). The van der Waals surface area contributed by atoms with Gasteiger partial charge >= 0.3 is 0 Å². The van der Waals surface area contributed by atoms with Gasteiger partial charge < -0.3 is 10.2 Å². The van der Waals surface area contributed by atoms with Crippen molar-refractivity contribution in [2.75, 3.05) is 18.9 Å². The molecule has 0 aromatic heterocycles. The van der Waals surface area contributed by atoms with Crippen molar-refractivity contribution in [2.24, 2.45) is 0 Å². The Kier molecular flexibility index (Phi) is 6.56. The van der Waals surface area contributed by atoms with Crippen molar-refractivity contribution in [1.82, 2.24) is 0 Å². The summed E-state index contributed by atoms with van der Waals surface area (Å²) in [5, 5.41) is 3.07. The number of quaternary nitrogens is 1. The molecular weight excluding hydrogens is 296 g/mol. The number of carbonyl (C=O) groups excluding carboxylic acids is 1. The number of hydrogen-bond donors (Lipinski definition) is 2. The van der Waals surface area contributed by atoms with Gasteiger partial charge in [-0.25, -0.2) is 0 Å². The van der Waals surface area contributed by atoms with Crippen LogP contribution < -0.4 is 10.2 Å². The lowest BCUT2D eigenvalue weighted by Gasteiger charge is -2.16. The van der Waals surface area contributed by atoms with Crippen LogP contribution in [-0.2, 0) is 17.8 Å². The Balaban J connectivity index is 1.92. The number of anilines is 1. The molecule has 0 bridgehead atoms. The Hall–Kier alpha value is -2.13.